The molecule has 2 aliphatic heterocycles. The number of carbonyl (C=O) groups excluding carboxylic acids is 1. The molecule has 0 unspecified atom stereocenters. The van der Waals surface area contributed by atoms with E-state index >= 15 is 0 Å². The zero-order chi connectivity index (χ0) is 33.9. The van der Waals surface area contributed by atoms with Gasteiger partial charge in [0.05, 0.1) is 30.2 Å². The van der Waals surface area contributed by atoms with Crippen LogP contribution in [0.25, 0.3) is 17.3 Å². The van der Waals surface area contributed by atoms with Gasteiger partial charge in [-0.15, -0.1) is 0 Å². The zero-order valence-electron chi connectivity index (χ0n) is 28.2. The Labute approximate surface area is 285 Å². The van der Waals surface area contributed by atoms with E-state index < -0.39 is 5.41 Å². The number of aryl methyl sites for hydroxylation is 1. The molecule has 3 atom stereocenters. The molecule has 3 aromatic heterocycles. The van der Waals surface area contributed by atoms with Crippen LogP contribution >= 0.6 is 0 Å². The number of nitrogens with two attached hydrogens (primary N) is 1. The van der Waals surface area contributed by atoms with Crippen LogP contribution < -0.4 is 10.5 Å². The highest BCUT2D eigenvalue weighted by Gasteiger charge is 2.48. The standard InChI is InChI=1S/C36H41N9O4/c1-21(28-9-6-15-43(28)2)48-30-17-29(45-16-12-27(41-45)35(46)44(3)23-19-47-20-23)39-34(40-30)32-24-8-5-14-36(33(24)49-42-32)13-4-7-22-10-11-26(38)25(18-37)31(22)36/h10-12,16-17,21,23,28H,4-9,13-15,19-20,38H2,1-3H3/t21-,28-,36+/m0/s1. The Morgan fingerprint density at radius 1 is 1.18 bits per heavy atom. The highest BCUT2D eigenvalue weighted by Crippen LogP contribution is 2.53. The van der Waals surface area contributed by atoms with Crippen molar-refractivity contribution in [2.45, 2.75) is 81.9 Å². The van der Waals surface area contributed by atoms with Crippen LogP contribution in [-0.4, -0.2) is 92.7 Å². The van der Waals surface area contributed by atoms with Crippen molar-refractivity contribution in [1.82, 2.24) is 34.7 Å². The summed E-state index contributed by atoms with van der Waals surface area (Å²) in [6.45, 7) is 4.14. The number of amides is 1. The number of fused-ring (bicyclic) bond motifs is 4. The van der Waals surface area contributed by atoms with Crippen molar-refractivity contribution in [3.05, 3.63) is 64.2 Å². The first-order valence-corrected chi connectivity index (χ1v) is 17.3. The van der Waals surface area contributed by atoms with E-state index in [2.05, 4.69) is 41.3 Å². The number of likely N-dealkylation sites (tertiary alicyclic amines) is 1. The molecule has 0 bridgehead atoms. The number of rotatable bonds is 7. The van der Waals surface area contributed by atoms with Gasteiger partial charge in [-0.1, -0.05) is 11.2 Å². The summed E-state index contributed by atoms with van der Waals surface area (Å²) in [5.74, 6) is 1.79. The maximum atomic E-state index is 13.2. The molecule has 0 radical (unpaired) electrons. The average Bonchev–Trinajstić information content (AvgIpc) is 3.84. The van der Waals surface area contributed by atoms with Crippen LogP contribution in [0.5, 0.6) is 5.88 Å². The number of nitriles is 1. The molecule has 8 rings (SSSR count). The van der Waals surface area contributed by atoms with Gasteiger partial charge in [-0.25, -0.2) is 9.67 Å². The number of likely N-dealkylation sites (N-methyl/N-ethyl adjacent to an activating group) is 2. The first-order valence-electron chi connectivity index (χ1n) is 17.3. The number of hydrogen-bond acceptors (Lipinski definition) is 11. The first kappa shape index (κ1) is 31.5. The largest absolute Gasteiger partial charge is 0.473 e. The van der Waals surface area contributed by atoms with Gasteiger partial charge in [0.1, 0.15) is 12.2 Å². The lowest BCUT2D eigenvalue weighted by Crippen LogP contribution is -2.49. The summed E-state index contributed by atoms with van der Waals surface area (Å²) < 4.78 is 19.7. The summed E-state index contributed by atoms with van der Waals surface area (Å²) in [6.07, 6.45) is 8.93. The highest BCUT2D eigenvalue weighted by atomic mass is 16.5. The molecule has 4 aliphatic rings. The second-order valence-electron chi connectivity index (χ2n) is 14.0. The lowest BCUT2D eigenvalue weighted by atomic mass is 9.61. The Morgan fingerprint density at radius 3 is 2.73 bits per heavy atom. The Balaban J connectivity index is 1.21. The van der Waals surface area contributed by atoms with E-state index in [0.717, 1.165) is 80.4 Å². The van der Waals surface area contributed by atoms with Crippen molar-refractivity contribution in [3.63, 3.8) is 0 Å². The number of benzene rings is 1. The molecule has 1 aromatic carbocycles. The lowest BCUT2D eigenvalue weighted by Gasteiger charge is -2.41. The Hall–Kier alpha value is -4.80. The molecular formula is C36H41N9O4. The molecule has 13 heteroatoms. The van der Waals surface area contributed by atoms with Crippen molar-refractivity contribution < 1.29 is 18.8 Å². The van der Waals surface area contributed by atoms with E-state index in [9.17, 15) is 10.1 Å². The van der Waals surface area contributed by atoms with Gasteiger partial charge in [-0.2, -0.15) is 15.3 Å². The van der Waals surface area contributed by atoms with Crippen LogP contribution in [0.15, 0.2) is 35.0 Å². The minimum Gasteiger partial charge on any atom is -0.473 e. The number of anilines is 1. The van der Waals surface area contributed by atoms with Gasteiger partial charge in [0.2, 0.25) is 5.88 Å². The molecule has 5 heterocycles. The molecule has 13 nitrogen and oxygen atoms in total. The smallest absolute Gasteiger partial charge is 0.274 e. The Bertz CT molecular complexity index is 1960. The summed E-state index contributed by atoms with van der Waals surface area (Å²) in [6, 6.07) is 10.0. The summed E-state index contributed by atoms with van der Waals surface area (Å²) in [4.78, 5) is 27.0. The van der Waals surface area contributed by atoms with E-state index in [-0.39, 0.29) is 24.1 Å². The molecule has 0 saturated carbocycles. The van der Waals surface area contributed by atoms with Gasteiger partial charge in [0.25, 0.3) is 5.91 Å². The fraction of sp³-hybridized carbons (Fsp3) is 0.500. The SMILES string of the molecule is C[C@H](Oc1cc(-n2ccc(C(=O)N(C)C3COC3)n2)nc(-c2noc3c2CCC[C@@]32CCCc3ccc(N)c(C#N)c32)n1)[C@@H]1CCCN1C. The maximum absolute atomic E-state index is 13.2. The molecule has 49 heavy (non-hydrogen) atoms. The quantitative estimate of drug-likeness (QED) is 0.284. The van der Waals surface area contributed by atoms with E-state index in [1.807, 2.05) is 6.07 Å². The first-order chi connectivity index (χ1) is 23.8. The van der Waals surface area contributed by atoms with Gasteiger partial charge >= 0.3 is 0 Å². The molecule has 4 aromatic rings. The van der Waals surface area contributed by atoms with E-state index in [1.54, 1.807) is 35.0 Å². The molecule has 1 spiro atoms. The summed E-state index contributed by atoms with van der Waals surface area (Å²) in [7, 11) is 3.89. The van der Waals surface area contributed by atoms with Crippen LogP contribution in [0.3, 0.4) is 0 Å². The van der Waals surface area contributed by atoms with Crippen molar-refractivity contribution in [3.8, 4) is 29.3 Å². The number of hydrogen-bond donors (Lipinski definition) is 1. The average molecular weight is 664 g/mol. The van der Waals surface area contributed by atoms with Crippen LogP contribution in [0.1, 0.15) is 84.0 Å². The third-order valence-electron chi connectivity index (χ3n) is 11.1. The van der Waals surface area contributed by atoms with Crippen molar-refractivity contribution in [2.75, 3.05) is 39.6 Å². The zero-order valence-corrected chi connectivity index (χ0v) is 28.2. The Morgan fingerprint density at radius 2 is 2.00 bits per heavy atom. The normalized spacial score (nSPS) is 22.6. The van der Waals surface area contributed by atoms with Gasteiger partial charge < -0.3 is 24.6 Å². The van der Waals surface area contributed by atoms with Gasteiger partial charge in [-0.05, 0) is 95.1 Å². The van der Waals surface area contributed by atoms with Crippen LogP contribution in [0.4, 0.5) is 5.69 Å². The maximum Gasteiger partial charge on any atom is 0.274 e. The molecule has 1 amide bonds. The monoisotopic (exact) mass is 663 g/mol. The van der Waals surface area contributed by atoms with Crippen LogP contribution in [-0.2, 0) is 23.0 Å². The van der Waals surface area contributed by atoms with E-state index in [0.29, 0.717) is 53.4 Å². The Kier molecular flexibility index (Phi) is 7.88. The van der Waals surface area contributed by atoms with Gasteiger partial charge in [0, 0.05) is 36.6 Å². The molecular weight excluding hydrogens is 622 g/mol. The number of ether oxygens (including phenoxy) is 2. The summed E-state index contributed by atoms with van der Waals surface area (Å²) >= 11 is 0. The second kappa shape index (κ2) is 12.3. The minimum atomic E-state index is -0.500. The van der Waals surface area contributed by atoms with Gasteiger partial charge in [-0.3, -0.25) is 9.69 Å². The highest BCUT2D eigenvalue weighted by molar-refractivity contribution is 5.92. The minimum absolute atomic E-state index is 0.0388. The summed E-state index contributed by atoms with van der Waals surface area (Å²) in [5.41, 5.74) is 10.8. The fourth-order valence-corrected chi connectivity index (χ4v) is 8.35. The summed E-state index contributed by atoms with van der Waals surface area (Å²) in [5, 5.41) is 19.5. The number of nitrogen functional groups attached to an aromatic ring is 1. The predicted octanol–water partition coefficient (Wildman–Crippen LogP) is 4.06. The number of carbonyl (C=O) groups is 1. The van der Waals surface area contributed by atoms with Crippen LogP contribution in [0.2, 0.25) is 0 Å². The molecule has 2 fully saturated rings. The molecule has 2 aliphatic carbocycles. The second-order valence-corrected chi connectivity index (χ2v) is 14.0. The molecule has 254 valence electrons. The van der Waals surface area contributed by atoms with Crippen molar-refractivity contribution in [2.24, 2.45) is 0 Å². The topological polar surface area (TPSA) is 161 Å². The predicted molar refractivity (Wildman–Crippen MR) is 179 cm³/mol. The van der Waals surface area contributed by atoms with Crippen LogP contribution in [0, 0.1) is 11.3 Å². The van der Waals surface area contributed by atoms with Crippen molar-refractivity contribution >= 4 is 11.6 Å². The fourth-order valence-electron chi connectivity index (χ4n) is 8.35. The van der Waals surface area contributed by atoms with Gasteiger partial charge in [0.15, 0.2) is 28.8 Å². The lowest BCUT2D eigenvalue weighted by molar-refractivity contribution is -0.0469. The van der Waals surface area contributed by atoms with Crippen molar-refractivity contribution in [1.29, 1.82) is 5.26 Å². The number of aromatic nitrogens is 5. The van der Waals surface area contributed by atoms with E-state index in [4.69, 9.17) is 29.7 Å². The molecule has 2 saturated heterocycles. The third kappa shape index (κ3) is 5.25. The third-order valence-corrected chi connectivity index (χ3v) is 11.1. The number of nitrogens with zero attached hydrogens (tertiary/aromatic N) is 8. The molecule has 2 N–H and O–H groups in total. The van der Waals surface area contributed by atoms with E-state index in [1.165, 1.54) is 0 Å².